The van der Waals surface area contributed by atoms with Crippen molar-refractivity contribution in [3.05, 3.63) is 60.2 Å². The molecule has 0 bridgehead atoms. The number of nitrogens with one attached hydrogen (secondary N) is 1. The quantitative estimate of drug-likeness (QED) is 0.854. The summed E-state index contributed by atoms with van der Waals surface area (Å²) >= 11 is 0. The Morgan fingerprint density at radius 3 is 2.43 bits per heavy atom. The fourth-order valence-electron chi connectivity index (χ4n) is 2.40. The van der Waals surface area contributed by atoms with E-state index in [4.69, 9.17) is 9.47 Å². The molecule has 0 spiro atoms. The van der Waals surface area contributed by atoms with Gasteiger partial charge in [0.2, 0.25) is 0 Å². The summed E-state index contributed by atoms with van der Waals surface area (Å²) in [7, 11) is 1.60. The Morgan fingerprint density at radius 1 is 1.04 bits per heavy atom. The molecular formula is C19H23NO3. The Hall–Kier alpha value is -2.49. The van der Waals surface area contributed by atoms with E-state index in [2.05, 4.69) is 17.4 Å². The number of ether oxygens (including phenoxy) is 2. The number of hydrogen-bond acceptors (Lipinski definition) is 3. The van der Waals surface area contributed by atoms with Crippen LogP contribution < -0.4 is 14.8 Å². The van der Waals surface area contributed by atoms with Crippen LogP contribution in [0.5, 0.6) is 11.5 Å². The predicted octanol–water partition coefficient (Wildman–Crippen LogP) is 3.21. The molecule has 2 aromatic carbocycles. The molecule has 0 saturated carbocycles. The van der Waals surface area contributed by atoms with Gasteiger partial charge in [0.1, 0.15) is 11.5 Å². The first kappa shape index (κ1) is 16.9. The summed E-state index contributed by atoms with van der Waals surface area (Å²) in [6, 6.07) is 17.3. The Balaban J connectivity index is 1.85. The standard InChI is InChI=1S/C19H23NO3/c1-19(2,13-15-8-5-4-6-9-15)20-18(21)14-23-17-11-7-10-16(12-17)22-3/h4-12H,13-14H2,1-3H3,(H,20,21). The van der Waals surface area contributed by atoms with Crippen LogP contribution in [0, 0.1) is 0 Å². The first-order valence-electron chi connectivity index (χ1n) is 7.60. The second kappa shape index (κ2) is 7.68. The number of benzene rings is 2. The predicted molar refractivity (Wildman–Crippen MR) is 90.9 cm³/mol. The van der Waals surface area contributed by atoms with Crippen LogP contribution in [0.4, 0.5) is 0 Å². The molecule has 0 aliphatic carbocycles. The normalized spacial score (nSPS) is 10.9. The van der Waals surface area contributed by atoms with Gasteiger partial charge in [-0.2, -0.15) is 0 Å². The van der Waals surface area contributed by atoms with Crippen molar-refractivity contribution in [2.75, 3.05) is 13.7 Å². The van der Waals surface area contributed by atoms with Crippen LogP contribution in [0.2, 0.25) is 0 Å². The van der Waals surface area contributed by atoms with Crippen LogP contribution in [-0.2, 0) is 11.2 Å². The molecule has 0 aliphatic rings. The number of rotatable bonds is 7. The lowest BCUT2D eigenvalue weighted by Gasteiger charge is -2.26. The average Bonchev–Trinajstić information content (AvgIpc) is 2.53. The first-order chi connectivity index (χ1) is 11.0. The van der Waals surface area contributed by atoms with Gasteiger partial charge < -0.3 is 14.8 Å². The summed E-state index contributed by atoms with van der Waals surface area (Å²) in [5.41, 5.74) is 0.849. The molecule has 1 amide bonds. The zero-order chi connectivity index (χ0) is 16.7. The van der Waals surface area contributed by atoms with Crippen molar-refractivity contribution in [2.45, 2.75) is 25.8 Å². The minimum absolute atomic E-state index is 0.0224. The summed E-state index contributed by atoms with van der Waals surface area (Å²) < 4.78 is 10.6. The third kappa shape index (κ3) is 5.66. The van der Waals surface area contributed by atoms with E-state index < -0.39 is 0 Å². The number of carbonyl (C=O) groups is 1. The Bertz CT molecular complexity index is 638. The van der Waals surface area contributed by atoms with Crippen molar-refractivity contribution in [1.82, 2.24) is 5.32 Å². The van der Waals surface area contributed by atoms with Crippen molar-refractivity contribution in [2.24, 2.45) is 0 Å². The second-order valence-corrected chi connectivity index (χ2v) is 6.06. The molecule has 0 heterocycles. The smallest absolute Gasteiger partial charge is 0.258 e. The number of carbonyl (C=O) groups excluding carboxylic acids is 1. The maximum Gasteiger partial charge on any atom is 0.258 e. The molecular weight excluding hydrogens is 290 g/mol. The van der Waals surface area contributed by atoms with Crippen molar-refractivity contribution < 1.29 is 14.3 Å². The highest BCUT2D eigenvalue weighted by Crippen LogP contribution is 2.19. The molecule has 4 nitrogen and oxygen atoms in total. The maximum absolute atomic E-state index is 12.1. The highest BCUT2D eigenvalue weighted by atomic mass is 16.5. The summed E-state index contributed by atoms with van der Waals surface area (Å²) in [4.78, 5) is 12.1. The summed E-state index contributed by atoms with van der Waals surface area (Å²) in [6.07, 6.45) is 0.763. The zero-order valence-corrected chi connectivity index (χ0v) is 13.8. The van der Waals surface area contributed by atoms with Gasteiger partial charge in [-0.25, -0.2) is 0 Å². The van der Waals surface area contributed by atoms with E-state index >= 15 is 0 Å². The van der Waals surface area contributed by atoms with Crippen LogP contribution in [0.3, 0.4) is 0 Å². The van der Waals surface area contributed by atoms with Gasteiger partial charge in [-0.1, -0.05) is 36.4 Å². The average molecular weight is 313 g/mol. The fraction of sp³-hybridized carbons (Fsp3) is 0.316. The van der Waals surface area contributed by atoms with E-state index in [1.54, 1.807) is 19.2 Å². The van der Waals surface area contributed by atoms with Crippen molar-refractivity contribution in [3.63, 3.8) is 0 Å². The van der Waals surface area contributed by atoms with Crippen LogP contribution >= 0.6 is 0 Å². The molecule has 0 radical (unpaired) electrons. The first-order valence-corrected chi connectivity index (χ1v) is 7.60. The van der Waals surface area contributed by atoms with Gasteiger partial charge >= 0.3 is 0 Å². The van der Waals surface area contributed by atoms with Crippen LogP contribution in [0.1, 0.15) is 19.4 Å². The molecule has 0 atom stereocenters. The molecule has 1 N–H and O–H groups in total. The van der Waals surface area contributed by atoms with Crippen molar-refractivity contribution in [3.8, 4) is 11.5 Å². The third-order valence-corrected chi connectivity index (χ3v) is 3.38. The van der Waals surface area contributed by atoms with Gasteiger partial charge in [-0.3, -0.25) is 4.79 Å². The Kier molecular flexibility index (Phi) is 5.63. The lowest BCUT2D eigenvalue weighted by molar-refractivity contribution is -0.124. The summed E-state index contributed by atoms with van der Waals surface area (Å²) in [5, 5.41) is 3.01. The number of hydrogen-bond donors (Lipinski definition) is 1. The Labute approximate surface area is 137 Å². The molecule has 0 aliphatic heterocycles. The molecule has 4 heteroatoms. The van der Waals surface area contributed by atoms with E-state index in [0.29, 0.717) is 11.5 Å². The minimum Gasteiger partial charge on any atom is -0.497 e. The third-order valence-electron chi connectivity index (χ3n) is 3.38. The van der Waals surface area contributed by atoms with Gasteiger partial charge in [0.25, 0.3) is 5.91 Å². The van der Waals surface area contributed by atoms with E-state index in [9.17, 15) is 4.79 Å². The molecule has 122 valence electrons. The molecule has 2 aromatic rings. The second-order valence-electron chi connectivity index (χ2n) is 6.06. The van der Waals surface area contributed by atoms with Gasteiger partial charge in [-0.15, -0.1) is 0 Å². The molecule has 23 heavy (non-hydrogen) atoms. The summed E-state index contributed by atoms with van der Waals surface area (Å²) in [5.74, 6) is 1.17. The summed E-state index contributed by atoms with van der Waals surface area (Å²) in [6.45, 7) is 3.98. The Morgan fingerprint density at radius 2 is 1.74 bits per heavy atom. The van der Waals surface area contributed by atoms with Crippen LogP contribution in [0.25, 0.3) is 0 Å². The molecule has 0 unspecified atom stereocenters. The van der Waals surface area contributed by atoms with E-state index in [1.807, 2.05) is 44.2 Å². The van der Waals surface area contributed by atoms with Crippen molar-refractivity contribution >= 4 is 5.91 Å². The van der Waals surface area contributed by atoms with E-state index in [0.717, 1.165) is 6.42 Å². The van der Waals surface area contributed by atoms with E-state index in [1.165, 1.54) is 5.56 Å². The van der Waals surface area contributed by atoms with Crippen molar-refractivity contribution in [1.29, 1.82) is 0 Å². The maximum atomic E-state index is 12.1. The molecule has 0 fully saturated rings. The molecule has 2 rings (SSSR count). The lowest BCUT2D eigenvalue weighted by Crippen LogP contribution is -2.47. The van der Waals surface area contributed by atoms with Gasteiger partial charge in [0.05, 0.1) is 7.11 Å². The highest BCUT2D eigenvalue weighted by Gasteiger charge is 2.21. The minimum atomic E-state index is -0.337. The monoisotopic (exact) mass is 313 g/mol. The number of amides is 1. The van der Waals surface area contributed by atoms with Crippen LogP contribution in [0.15, 0.2) is 54.6 Å². The van der Waals surface area contributed by atoms with Gasteiger partial charge in [0, 0.05) is 11.6 Å². The molecule has 0 saturated heterocycles. The highest BCUT2D eigenvalue weighted by molar-refractivity contribution is 5.78. The largest absolute Gasteiger partial charge is 0.497 e. The number of methoxy groups -OCH3 is 1. The van der Waals surface area contributed by atoms with Gasteiger partial charge in [-0.05, 0) is 38.0 Å². The van der Waals surface area contributed by atoms with Crippen LogP contribution in [-0.4, -0.2) is 25.2 Å². The van der Waals surface area contributed by atoms with Gasteiger partial charge in [0.15, 0.2) is 6.61 Å². The zero-order valence-electron chi connectivity index (χ0n) is 13.8. The SMILES string of the molecule is COc1cccc(OCC(=O)NC(C)(C)Cc2ccccc2)c1. The molecule has 0 aromatic heterocycles. The fourth-order valence-corrected chi connectivity index (χ4v) is 2.40. The topological polar surface area (TPSA) is 47.6 Å². The van der Waals surface area contributed by atoms with E-state index in [-0.39, 0.29) is 18.1 Å². The lowest BCUT2D eigenvalue weighted by atomic mass is 9.95.